The zero-order valence-corrected chi connectivity index (χ0v) is 8.52. The summed E-state index contributed by atoms with van der Waals surface area (Å²) in [6, 6.07) is 0. The molecule has 0 rings (SSSR count). The molecule has 0 bridgehead atoms. The van der Waals surface area contributed by atoms with E-state index < -0.39 is 5.54 Å². The molecule has 0 aromatic carbocycles. The molecule has 70 valence electrons. The van der Waals surface area contributed by atoms with E-state index in [1.807, 2.05) is 19.9 Å². The molecule has 2 nitrogen and oxygen atoms in total. The summed E-state index contributed by atoms with van der Waals surface area (Å²) in [6.45, 7) is 8.13. The van der Waals surface area contributed by atoms with Gasteiger partial charge in [-0.25, -0.2) is 0 Å². The van der Waals surface area contributed by atoms with Crippen LogP contribution in [0.25, 0.3) is 0 Å². The molecule has 2 heteroatoms. The molecule has 0 aliphatic carbocycles. The molecule has 0 spiro atoms. The smallest absolute Gasteiger partial charge is 0.0695 e. The van der Waals surface area contributed by atoms with Crippen LogP contribution in [0.1, 0.15) is 34.1 Å². The minimum atomic E-state index is -0.565. The van der Waals surface area contributed by atoms with E-state index in [1.54, 1.807) is 0 Å². The molecule has 0 radical (unpaired) electrons. The summed E-state index contributed by atoms with van der Waals surface area (Å²) < 4.78 is 0. The lowest BCUT2D eigenvalue weighted by atomic mass is 9.83. The van der Waals surface area contributed by atoms with E-state index in [2.05, 4.69) is 13.8 Å². The Kier molecular flexibility index (Phi) is 4.18. The van der Waals surface area contributed by atoms with Crippen molar-refractivity contribution in [1.82, 2.24) is 0 Å². The third kappa shape index (κ3) is 2.45. The van der Waals surface area contributed by atoms with E-state index >= 15 is 0 Å². The van der Waals surface area contributed by atoms with Crippen LogP contribution < -0.4 is 5.73 Å². The molecule has 3 N–H and O–H groups in total. The Balaban J connectivity index is 4.68. The molecule has 0 aliphatic heterocycles. The summed E-state index contributed by atoms with van der Waals surface area (Å²) in [5, 5.41) is 7.22. The van der Waals surface area contributed by atoms with Gasteiger partial charge in [-0.2, -0.15) is 0 Å². The van der Waals surface area contributed by atoms with Gasteiger partial charge in [-0.15, -0.1) is 0 Å². The van der Waals surface area contributed by atoms with Crippen molar-refractivity contribution in [3.05, 3.63) is 11.6 Å². The van der Waals surface area contributed by atoms with E-state index in [4.69, 9.17) is 11.1 Å². The minimum absolute atomic E-state index is 0.464. The summed E-state index contributed by atoms with van der Waals surface area (Å²) in [6.07, 6.45) is 4.41. The maximum atomic E-state index is 7.22. The van der Waals surface area contributed by atoms with Crippen molar-refractivity contribution >= 4 is 6.21 Å². The third-order valence-electron chi connectivity index (χ3n) is 2.38. The zero-order valence-electron chi connectivity index (χ0n) is 8.52. The highest BCUT2D eigenvalue weighted by Crippen LogP contribution is 2.22. The molecule has 2 atom stereocenters. The first kappa shape index (κ1) is 11.4. The van der Waals surface area contributed by atoms with Crippen LogP contribution in [0, 0.1) is 11.3 Å². The maximum Gasteiger partial charge on any atom is 0.0695 e. The van der Waals surface area contributed by atoms with Gasteiger partial charge in [0.05, 0.1) is 5.54 Å². The van der Waals surface area contributed by atoms with Gasteiger partial charge in [0.25, 0.3) is 0 Å². The minimum Gasteiger partial charge on any atom is -0.317 e. The average Bonchev–Trinajstić information content (AvgIpc) is 2.05. The summed E-state index contributed by atoms with van der Waals surface area (Å²) in [5.74, 6) is 0.464. The van der Waals surface area contributed by atoms with Crippen LogP contribution in [0.15, 0.2) is 11.6 Å². The highest BCUT2D eigenvalue weighted by atomic mass is 14.7. The number of rotatable bonds is 4. The number of nitrogens with one attached hydrogen (secondary N) is 1. The van der Waals surface area contributed by atoms with Crippen molar-refractivity contribution in [2.24, 2.45) is 11.7 Å². The fraction of sp³-hybridized carbons (Fsp3) is 0.700. The second-order valence-electron chi connectivity index (χ2n) is 3.48. The van der Waals surface area contributed by atoms with Gasteiger partial charge < -0.3 is 11.1 Å². The van der Waals surface area contributed by atoms with Gasteiger partial charge >= 0.3 is 0 Å². The molecule has 0 aromatic heterocycles. The summed E-state index contributed by atoms with van der Waals surface area (Å²) in [5.41, 5.74) is 6.52. The van der Waals surface area contributed by atoms with Crippen molar-refractivity contribution in [1.29, 1.82) is 5.41 Å². The molecule has 0 aromatic rings. The lowest BCUT2D eigenvalue weighted by Crippen LogP contribution is -2.41. The van der Waals surface area contributed by atoms with E-state index in [0.717, 1.165) is 12.0 Å². The number of allylic oxidation sites excluding steroid dienone is 1. The van der Waals surface area contributed by atoms with Crippen molar-refractivity contribution in [2.45, 2.75) is 39.7 Å². The first-order chi connectivity index (χ1) is 5.49. The Morgan fingerprint density at radius 3 is 2.42 bits per heavy atom. The topological polar surface area (TPSA) is 49.9 Å². The van der Waals surface area contributed by atoms with Crippen LogP contribution in [-0.2, 0) is 0 Å². The molecule has 0 amide bonds. The standard InChI is InChI=1S/C10H20N2/c1-5-8(3)9(6-2)10(4,12)7-11/h6-8,11H,5,12H2,1-4H3/b9-6-,11-7?. The highest BCUT2D eigenvalue weighted by molar-refractivity contribution is 5.71. The SMILES string of the molecule is C/C=C(/C(C)CC)C(C)(N)C=N. The summed E-state index contributed by atoms with van der Waals surface area (Å²) >= 11 is 0. The Labute approximate surface area is 75.4 Å². The van der Waals surface area contributed by atoms with E-state index in [9.17, 15) is 0 Å². The highest BCUT2D eigenvalue weighted by Gasteiger charge is 2.23. The lowest BCUT2D eigenvalue weighted by molar-refractivity contribution is 0.562. The molecule has 0 aliphatic rings. The van der Waals surface area contributed by atoms with Crippen molar-refractivity contribution in [2.75, 3.05) is 0 Å². The molecular formula is C10H20N2. The second-order valence-corrected chi connectivity index (χ2v) is 3.48. The van der Waals surface area contributed by atoms with Gasteiger partial charge in [0, 0.05) is 6.21 Å². The molecular weight excluding hydrogens is 148 g/mol. The Hall–Kier alpha value is -0.630. The van der Waals surface area contributed by atoms with Crippen LogP contribution in [0.4, 0.5) is 0 Å². The van der Waals surface area contributed by atoms with Crippen LogP contribution in [0.5, 0.6) is 0 Å². The fourth-order valence-electron chi connectivity index (χ4n) is 1.43. The van der Waals surface area contributed by atoms with Gasteiger partial charge in [0.15, 0.2) is 0 Å². The maximum absolute atomic E-state index is 7.22. The normalized spacial score (nSPS) is 19.9. The van der Waals surface area contributed by atoms with Crippen molar-refractivity contribution in [3.8, 4) is 0 Å². The third-order valence-corrected chi connectivity index (χ3v) is 2.38. The first-order valence-corrected chi connectivity index (χ1v) is 4.46. The van der Waals surface area contributed by atoms with Crippen LogP contribution in [-0.4, -0.2) is 11.8 Å². The molecule has 0 heterocycles. The van der Waals surface area contributed by atoms with Gasteiger partial charge in [-0.1, -0.05) is 19.9 Å². The van der Waals surface area contributed by atoms with Gasteiger partial charge in [-0.3, -0.25) is 0 Å². The van der Waals surface area contributed by atoms with Gasteiger partial charge in [0.1, 0.15) is 0 Å². The van der Waals surface area contributed by atoms with Gasteiger partial charge in [-0.05, 0) is 31.8 Å². The molecule has 2 unspecified atom stereocenters. The lowest BCUT2D eigenvalue weighted by Gasteiger charge is -2.27. The van der Waals surface area contributed by atoms with Crippen LogP contribution in [0.3, 0.4) is 0 Å². The summed E-state index contributed by atoms with van der Waals surface area (Å²) in [4.78, 5) is 0. The molecule has 12 heavy (non-hydrogen) atoms. The molecule has 0 saturated carbocycles. The number of hydrogen-bond donors (Lipinski definition) is 2. The zero-order chi connectivity index (χ0) is 9.78. The van der Waals surface area contributed by atoms with Crippen molar-refractivity contribution < 1.29 is 0 Å². The fourth-order valence-corrected chi connectivity index (χ4v) is 1.43. The average molecular weight is 168 g/mol. The Bertz CT molecular complexity index is 180. The quantitative estimate of drug-likeness (QED) is 0.491. The largest absolute Gasteiger partial charge is 0.317 e. The number of nitrogens with two attached hydrogens (primary N) is 1. The Morgan fingerprint density at radius 1 is 1.67 bits per heavy atom. The molecule has 0 saturated heterocycles. The van der Waals surface area contributed by atoms with Crippen molar-refractivity contribution in [3.63, 3.8) is 0 Å². The van der Waals surface area contributed by atoms with E-state index in [1.165, 1.54) is 6.21 Å². The Morgan fingerprint density at radius 2 is 2.17 bits per heavy atom. The van der Waals surface area contributed by atoms with Crippen LogP contribution in [0.2, 0.25) is 0 Å². The number of hydrogen-bond acceptors (Lipinski definition) is 2. The van der Waals surface area contributed by atoms with Gasteiger partial charge in [0.2, 0.25) is 0 Å². The predicted octanol–water partition coefficient (Wildman–Crippen LogP) is 2.35. The second kappa shape index (κ2) is 4.41. The first-order valence-electron chi connectivity index (χ1n) is 4.46. The van der Waals surface area contributed by atoms with E-state index in [-0.39, 0.29) is 0 Å². The molecule has 0 fully saturated rings. The predicted molar refractivity (Wildman–Crippen MR) is 54.6 cm³/mol. The summed E-state index contributed by atoms with van der Waals surface area (Å²) in [7, 11) is 0. The van der Waals surface area contributed by atoms with Crippen LogP contribution >= 0.6 is 0 Å². The van der Waals surface area contributed by atoms with E-state index in [0.29, 0.717) is 5.92 Å². The monoisotopic (exact) mass is 168 g/mol.